The Morgan fingerprint density at radius 1 is 1.19 bits per heavy atom. The molecule has 1 aliphatic carbocycles. The first-order valence-corrected chi connectivity index (χ1v) is 7.79. The Morgan fingerprint density at radius 2 is 1.86 bits per heavy atom. The van der Waals surface area contributed by atoms with Gasteiger partial charge in [0, 0.05) is 0 Å². The van der Waals surface area contributed by atoms with Crippen LogP contribution in [0.3, 0.4) is 0 Å². The molecule has 3 rings (SSSR count). The highest BCUT2D eigenvalue weighted by molar-refractivity contribution is 5.36. The summed E-state index contributed by atoms with van der Waals surface area (Å²) >= 11 is 0. The molecule has 4 heteroatoms. The quantitative estimate of drug-likeness (QED) is 0.909. The van der Waals surface area contributed by atoms with E-state index in [4.69, 9.17) is 5.73 Å². The highest BCUT2D eigenvalue weighted by Gasteiger charge is 2.15. The standard InChI is InChI=1S/C17H23N3O/c1-12-16(18)19-20(17(12)21)11-13-7-9-15(10-8-13)14-5-3-2-4-6-14/h7-10,14,19H,2-6,11,18H2,1H3. The number of nitrogens with zero attached hydrogens (tertiary/aromatic N) is 1. The number of hydrogen-bond acceptors (Lipinski definition) is 2. The second-order valence-electron chi connectivity index (χ2n) is 6.12. The van der Waals surface area contributed by atoms with Crippen LogP contribution in [0.1, 0.15) is 54.7 Å². The second-order valence-corrected chi connectivity index (χ2v) is 6.12. The molecule has 0 aliphatic heterocycles. The van der Waals surface area contributed by atoms with Gasteiger partial charge in [-0.25, -0.2) is 4.68 Å². The van der Waals surface area contributed by atoms with Crippen LogP contribution < -0.4 is 11.3 Å². The third-order valence-corrected chi connectivity index (χ3v) is 4.62. The highest BCUT2D eigenvalue weighted by Crippen LogP contribution is 2.32. The molecular formula is C17H23N3O. The lowest BCUT2D eigenvalue weighted by atomic mass is 9.84. The van der Waals surface area contributed by atoms with Crippen LogP contribution in [0.2, 0.25) is 0 Å². The minimum atomic E-state index is -0.0381. The monoisotopic (exact) mass is 285 g/mol. The summed E-state index contributed by atoms with van der Waals surface area (Å²) in [5, 5.41) is 2.92. The number of aromatic nitrogens is 2. The molecule has 0 bridgehead atoms. The van der Waals surface area contributed by atoms with Gasteiger partial charge in [-0.2, -0.15) is 0 Å². The number of nitrogens with one attached hydrogen (secondary N) is 1. The molecule has 0 saturated heterocycles. The Bertz CT molecular complexity index is 660. The number of H-pyrrole nitrogens is 1. The molecule has 1 fully saturated rings. The van der Waals surface area contributed by atoms with Gasteiger partial charge in [-0.3, -0.25) is 9.89 Å². The van der Waals surface area contributed by atoms with E-state index in [-0.39, 0.29) is 5.56 Å². The summed E-state index contributed by atoms with van der Waals surface area (Å²) in [6, 6.07) is 8.69. The molecule has 0 amide bonds. The van der Waals surface area contributed by atoms with Crippen LogP contribution in [0.5, 0.6) is 0 Å². The Hall–Kier alpha value is -1.97. The molecule has 4 nitrogen and oxygen atoms in total. The molecule has 112 valence electrons. The van der Waals surface area contributed by atoms with Gasteiger partial charge in [-0.15, -0.1) is 0 Å². The molecule has 0 atom stereocenters. The van der Waals surface area contributed by atoms with Gasteiger partial charge in [0.05, 0.1) is 12.1 Å². The van der Waals surface area contributed by atoms with Crippen molar-refractivity contribution in [1.82, 2.24) is 9.78 Å². The first-order chi connectivity index (χ1) is 10.1. The average Bonchev–Trinajstić information content (AvgIpc) is 2.76. The maximum Gasteiger partial charge on any atom is 0.271 e. The number of aromatic amines is 1. The van der Waals surface area contributed by atoms with Crippen molar-refractivity contribution in [2.24, 2.45) is 0 Å². The third-order valence-electron chi connectivity index (χ3n) is 4.62. The van der Waals surface area contributed by atoms with E-state index in [1.54, 1.807) is 11.6 Å². The summed E-state index contributed by atoms with van der Waals surface area (Å²) in [4.78, 5) is 12.0. The SMILES string of the molecule is Cc1c(N)[nH]n(Cc2ccc(C3CCCCC3)cc2)c1=O. The first kappa shape index (κ1) is 14.0. The summed E-state index contributed by atoms with van der Waals surface area (Å²) < 4.78 is 1.57. The molecule has 2 aromatic rings. The van der Waals surface area contributed by atoms with Gasteiger partial charge < -0.3 is 5.73 Å². The Balaban J connectivity index is 1.74. The minimum absolute atomic E-state index is 0.0381. The van der Waals surface area contributed by atoms with Crippen molar-refractivity contribution >= 4 is 5.82 Å². The van der Waals surface area contributed by atoms with E-state index in [0.29, 0.717) is 17.9 Å². The zero-order valence-electron chi connectivity index (χ0n) is 12.6. The van der Waals surface area contributed by atoms with Crippen LogP contribution in [-0.4, -0.2) is 9.78 Å². The topological polar surface area (TPSA) is 63.8 Å². The predicted octanol–water partition coefficient (Wildman–Crippen LogP) is 3.16. The molecule has 1 aromatic heterocycles. The van der Waals surface area contributed by atoms with Crippen molar-refractivity contribution in [3.8, 4) is 0 Å². The van der Waals surface area contributed by atoms with E-state index in [1.165, 1.54) is 37.7 Å². The molecule has 1 saturated carbocycles. The van der Waals surface area contributed by atoms with Gasteiger partial charge in [0.25, 0.3) is 5.56 Å². The zero-order chi connectivity index (χ0) is 14.8. The highest BCUT2D eigenvalue weighted by atomic mass is 16.1. The van der Waals surface area contributed by atoms with Gasteiger partial charge in [0.2, 0.25) is 0 Å². The second kappa shape index (κ2) is 5.80. The minimum Gasteiger partial charge on any atom is -0.384 e. The number of hydrogen-bond donors (Lipinski definition) is 2. The van der Waals surface area contributed by atoms with Gasteiger partial charge in [-0.1, -0.05) is 43.5 Å². The number of rotatable bonds is 3. The summed E-state index contributed by atoms with van der Waals surface area (Å²) in [5.41, 5.74) is 8.85. The molecule has 0 radical (unpaired) electrons. The van der Waals surface area contributed by atoms with Crippen molar-refractivity contribution in [1.29, 1.82) is 0 Å². The summed E-state index contributed by atoms with van der Waals surface area (Å²) in [5.74, 6) is 1.18. The van der Waals surface area contributed by atoms with E-state index in [0.717, 1.165) is 11.5 Å². The van der Waals surface area contributed by atoms with Crippen molar-refractivity contribution in [2.45, 2.75) is 51.5 Å². The molecule has 1 heterocycles. The van der Waals surface area contributed by atoms with E-state index in [9.17, 15) is 4.79 Å². The largest absolute Gasteiger partial charge is 0.384 e. The van der Waals surface area contributed by atoms with Crippen LogP contribution >= 0.6 is 0 Å². The van der Waals surface area contributed by atoms with E-state index in [1.807, 2.05) is 0 Å². The maximum atomic E-state index is 12.0. The van der Waals surface area contributed by atoms with Crippen LogP contribution in [0.4, 0.5) is 5.82 Å². The lowest BCUT2D eigenvalue weighted by Gasteiger charge is -2.22. The van der Waals surface area contributed by atoms with Gasteiger partial charge in [0.15, 0.2) is 0 Å². The maximum absolute atomic E-state index is 12.0. The number of anilines is 1. The van der Waals surface area contributed by atoms with Crippen molar-refractivity contribution in [3.05, 3.63) is 51.3 Å². The third kappa shape index (κ3) is 2.89. The molecule has 1 aliphatic rings. The molecule has 21 heavy (non-hydrogen) atoms. The average molecular weight is 285 g/mol. The number of nitrogen functional groups attached to an aromatic ring is 1. The predicted molar refractivity (Wildman–Crippen MR) is 85.6 cm³/mol. The van der Waals surface area contributed by atoms with E-state index in [2.05, 4.69) is 29.4 Å². The van der Waals surface area contributed by atoms with Crippen LogP contribution in [0, 0.1) is 6.92 Å². The van der Waals surface area contributed by atoms with Gasteiger partial charge >= 0.3 is 0 Å². The lowest BCUT2D eigenvalue weighted by Crippen LogP contribution is -2.18. The van der Waals surface area contributed by atoms with Crippen LogP contribution in [0.15, 0.2) is 29.1 Å². The fraction of sp³-hybridized carbons (Fsp3) is 0.471. The molecule has 0 unspecified atom stereocenters. The number of benzene rings is 1. The van der Waals surface area contributed by atoms with Gasteiger partial charge in [0.1, 0.15) is 5.82 Å². The van der Waals surface area contributed by atoms with Crippen molar-refractivity contribution < 1.29 is 0 Å². The molecule has 1 aromatic carbocycles. The summed E-state index contributed by atoms with van der Waals surface area (Å²) in [7, 11) is 0. The fourth-order valence-electron chi connectivity index (χ4n) is 3.22. The molecule has 0 spiro atoms. The lowest BCUT2D eigenvalue weighted by molar-refractivity contribution is 0.443. The van der Waals surface area contributed by atoms with Crippen molar-refractivity contribution in [3.63, 3.8) is 0 Å². The van der Waals surface area contributed by atoms with Crippen LogP contribution in [-0.2, 0) is 6.54 Å². The Kier molecular flexibility index (Phi) is 3.86. The summed E-state index contributed by atoms with van der Waals surface area (Å²) in [6.07, 6.45) is 6.70. The molecular weight excluding hydrogens is 262 g/mol. The zero-order valence-corrected chi connectivity index (χ0v) is 12.6. The van der Waals surface area contributed by atoms with E-state index >= 15 is 0 Å². The summed E-state index contributed by atoms with van der Waals surface area (Å²) in [6.45, 7) is 2.29. The van der Waals surface area contributed by atoms with Crippen molar-refractivity contribution in [2.75, 3.05) is 5.73 Å². The Morgan fingerprint density at radius 3 is 2.43 bits per heavy atom. The molecule has 3 N–H and O–H groups in total. The number of nitrogens with two attached hydrogens (primary N) is 1. The Labute approximate surface area is 125 Å². The first-order valence-electron chi connectivity index (χ1n) is 7.79. The normalized spacial score (nSPS) is 16.2. The smallest absolute Gasteiger partial charge is 0.271 e. The van der Waals surface area contributed by atoms with Crippen LogP contribution in [0.25, 0.3) is 0 Å². The van der Waals surface area contributed by atoms with Gasteiger partial charge in [-0.05, 0) is 36.8 Å². The fourth-order valence-corrected chi connectivity index (χ4v) is 3.22. The van der Waals surface area contributed by atoms with E-state index < -0.39 is 0 Å².